The van der Waals surface area contributed by atoms with Crippen molar-refractivity contribution in [1.29, 1.82) is 0 Å². The first kappa shape index (κ1) is 20.2. The summed E-state index contributed by atoms with van der Waals surface area (Å²) >= 11 is 3.37. The van der Waals surface area contributed by atoms with Gasteiger partial charge in [-0.3, -0.25) is 9.79 Å². The van der Waals surface area contributed by atoms with Gasteiger partial charge in [0.2, 0.25) is 0 Å². The maximum absolute atomic E-state index is 11.9. The van der Waals surface area contributed by atoms with Crippen molar-refractivity contribution in [2.45, 2.75) is 19.3 Å². The molecule has 0 saturated heterocycles. The molecule has 0 aromatic heterocycles. The molecule has 0 bridgehead atoms. The van der Waals surface area contributed by atoms with Crippen LogP contribution in [0.5, 0.6) is 0 Å². The van der Waals surface area contributed by atoms with Crippen LogP contribution in [-0.2, 0) is 0 Å². The Balaban J connectivity index is 0.00000264. The number of carbonyl (C=O) groups excluding carboxylic acids is 1. The van der Waals surface area contributed by atoms with Gasteiger partial charge in [0.15, 0.2) is 5.96 Å². The predicted molar refractivity (Wildman–Crippen MR) is 109 cm³/mol. The van der Waals surface area contributed by atoms with Gasteiger partial charge in [0.1, 0.15) is 0 Å². The highest BCUT2D eigenvalue weighted by atomic mass is 127. The smallest absolute Gasteiger partial charge is 0.251 e. The lowest BCUT2D eigenvalue weighted by atomic mass is 10.2. The van der Waals surface area contributed by atoms with Crippen LogP contribution in [0.25, 0.3) is 0 Å². The Morgan fingerprint density at radius 1 is 1.26 bits per heavy atom. The molecule has 2 rings (SSSR count). The minimum atomic E-state index is -0.0439. The highest BCUT2D eigenvalue weighted by Crippen LogP contribution is 2.27. The van der Waals surface area contributed by atoms with Crippen molar-refractivity contribution in [2.24, 2.45) is 10.9 Å². The summed E-state index contributed by atoms with van der Waals surface area (Å²) in [6.45, 7) is 2.42. The van der Waals surface area contributed by atoms with Gasteiger partial charge in [-0.15, -0.1) is 24.0 Å². The van der Waals surface area contributed by atoms with Gasteiger partial charge in [0.05, 0.1) is 0 Å². The van der Waals surface area contributed by atoms with E-state index in [0.717, 1.165) is 35.9 Å². The van der Waals surface area contributed by atoms with Crippen LogP contribution in [0.4, 0.5) is 0 Å². The Morgan fingerprint density at radius 3 is 2.65 bits per heavy atom. The molecule has 1 aliphatic rings. The maximum Gasteiger partial charge on any atom is 0.251 e. The summed E-state index contributed by atoms with van der Waals surface area (Å²) in [6.07, 6.45) is 3.50. The number of hydrogen-bond donors (Lipinski definition) is 3. The van der Waals surface area contributed by atoms with Crippen LogP contribution in [0.3, 0.4) is 0 Å². The Hall–Kier alpha value is -0.830. The van der Waals surface area contributed by atoms with Crippen LogP contribution >= 0.6 is 39.9 Å². The largest absolute Gasteiger partial charge is 0.356 e. The monoisotopic (exact) mass is 494 g/mol. The van der Waals surface area contributed by atoms with Crippen LogP contribution in [0.2, 0.25) is 0 Å². The molecule has 0 radical (unpaired) electrons. The van der Waals surface area contributed by atoms with E-state index in [9.17, 15) is 4.79 Å². The predicted octanol–water partition coefficient (Wildman–Crippen LogP) is 2.76. The fourth-order valence-electron chi connectivity index (χ4n) is 2.01. The summed E-state index contributed by atoms with van der Waals surface area (Å²) in [4.78, 5) is 16.1. The number of carbonyl (C=O) groups is 1. The zero-order valence-corrected chi connectivity index (χ0v) is 17.2. The van der Waals surface area contributed by atoms with Gasteiger partial charge in [-0.2, -0.15) is 0 Å². The molecule has 1 aromatic carbocycles. The van der Waals surface area contributed by atoms with E-state index in [1.165, 1.54) is 12.8 Å². The lowest BCUT2D eigenvalue weighted by Crippen LogP contribution is -2.39. The van der Waals surface area contributed by atoms with E-state index in [2.05, 4.69) is 36.9 Å². The maximum atomic E-state index is 11.9. The van der Waals surface area contributed by atoms with E-state index in [0.29, 0.717) is 12.1 Å². The highest BCUT2D eigenvalue weighted by Gasteiger charge is 2.20. The second-order valence-corrected chi connectivity index (χ2v) is 6.36. The number of guanidine groups is 1. The van der Waals surface area contributed by atoms with E-state index >= 15 is 0 Å². The number of hydrogen-bond acceptors (Lipinski definition) is 2. The molecule has 1 aliphatic carbocycles. The van der Waals surface area contributed by atoms with Crippen molar-refractivity contribution in [3.05, 3.63) is 34.3 Å². The zero-order chi connectivity index (χ0) is 15.8. The average molecular weight is 495 g/mol. The Kier molecular flexibility index (Phi) is 9.54. The van der Waals surface area contributed by atoms with Crippen molar-refractivity contribution in [2.75, 3.05) is 26.7 Å². The molecule has 0 spiro atoms. The lowest BCUT2D eigenvalue weighted by Gasteiger charge is -2.11. The number of benzene rings is 1. The van der Waals surface area contributed by atoms with Crippen LogP contribution in [0.1, 0.15) is 29.6 Å². The molecular weight excluding hydrogens is 471 g/mol. The number of aliphatic imine (C=N–C) groups is 1. The summed E-state index contributed by atoms with van der Waals surface area (Å²) in [5.74, 6) is 1.62. The molecule has 1 aromatic rings. The van der Waals surface area contributed by atoms with Crippen molar-refractivity contribution in [3.8, 4) is 0 Å². The summed E-state index contributed by atoms with van der Waals surface area (Å²) in [5.41, 5.74) is 0.671. The molecular formula is C16H24BrIN4O. The first-order chi connectivity index (χ1) is 10.7. The van der Waals surface area contributed by atoms with Gasteiger partial charge in [0.25, 0.3) is 5.91 Å². The third kappa shape index (κ3) is 8.01. The van der Waals surface area contributed by atoms with E-state index in [4.69, 9.17) is 0 Å². The molecule has 1 saturated carbocycles. The standard InChI is InChI=1S/C16H23BrN4O.HI/c1-18-16(21-11-12-6-7-12)20-9-3-8-19-15(22)13-4-2-5-14(17)10-13;/h2,4-5,10,12H,3,6-9,11H2,1H3,(H,19,22)(H2,18,20,21);1H. The first-order valence-corrected chi connectivity index (χ1v) is 8.46. The van der Waals surface area contributed by atoms with Crippen LogP contribution in [-0.4, -0.2) is 38.5 Å². The fraction of sp³-hybridized carbons (Fsp3) is 0.500. The van der Waals surface area contributed by atoms with Gasteiger partial charge < -0.3 is 16.0 Å². The summed E-state index contributed by atoms with van der Waals surface area (Å²) < 4.78 is 0.910. The molecule has 0 unspecified atom stereocenters. The Labute approximate surface area is 163 Å². The van der Waals surface area contributed by atoms with Crippen molar-refractivity contribution in [3.63, 3.8) is 0 Å². The van der Waals surface area contributed by atoms with E-state index < -0.39 is 0 Å². The third-order valence-electron chi connectivity index (χ3n) is 3.50. The van der Waals surface area contributed by atoms with Gasteiger partial charge in [0, 0.05) is 36.7 Å². The molecule has 23 heavy (non-hydrogen) atoms. The molecule has 1 fully saturated rings. The van der Waals surface area contributed by atoms with Gasteiger partial charge in [-0.1, -0.05) is 22.0 Å². The zero-order valence-electron chi connectivity index (χ0n) is 13.3. The molecule has 7 heteroatoms. The summed E-state index contributed by atoms with van der Waals surface area (Å²) in [5, 5.41) is 9.48. The normalized spacial score (nSPS) is 13.9. The molecule has 1 amide bonds. The molecule has 3 N–H and O–H groups in total. The minimum absolute atomic E-state index is 0. The molecule has 5 nitrogen and oxygen atoms in total. The van der Waals surface area contributed by atoms with Crippen molar-refractivity contribution >= 4 is 51.8 Å². The number of rotatable bonds is 7. The Bertz CT molecular complexity index is 535. The second-order valence-electron chi connectivity index (χ2n) is 5.44. The summed E-state index contributed by atoms with van der Waals surface area (Å²) in [6, 6.07) is 7.39. The molecule has 0 heterocycles. The number of halogens is 2. The van der Waals surface area contributed by atoms with Crippen molar-refractivity contribution < 1.29 is 4.79 Å². The van der Waals surface area contributed by atoms with Gasteiger partial charge in [-0.05, 0) is 43.4 Å². The van der Waals surface area contributed by atoms with Crippen molar-refractivity contribution in [1.82, 2.24) is 16.0 Å². The minimum Gasteiger partial charge on any atom is -0.356 e. The SMILES string of the molecule is CN=C(NCCCNC(=O)c1cccc(Br)c1)NCC1CC1.I. The molecule has 0 aliphatic heterocycles. The van der Waals surface area contributed by atoms with Gasteiger partial charge >= 0.3 is 0 Å². The number of nitrogens with zero attached hydrogens (tertiary/aromatic N) is 1. The lowest BCUT2D eigenvalue weighted by molar-refractivity contribution is 0.0953. The van der Waals surface area contributed by atoms with E-state index in [1.54, 1.807) is 7.05 Å². The van der Waals surface area contributed by atoms with Crippen LogP contribution < -0.4 is 16.0 Å². The van der Waals surface area contributed by atoms with E-state index in [1.807, 2.05) is 24.3 Å². The third-order valence-corrected chi connectivity index (χ3v) is 3.99. The second kappa shape index (κ2) is 10.9. The first-order valence-electron chi connectivity index (χ1n) is 7.67. The Morgan fingerprint density at radius 2 is 2.00 bits per heavy atom. The topological polar surface area (TPSA) is 65.5 Å². The quantitative estimate of drug-likeness (QED) is 0.236. The highest BCUT2D eigenvalue weighted by molar-refractivity contribution is 14.0. The number of nitrogens with one attached hydrogen (secondary N) is 3. The van der Waals surface area contributed by atoms with Crippen LogP contribution in [0.15, 0.2) is 33.7 Å². The number of amides is 1. The molecule has 128 valence electrons. The molecule has 0 atom stereocenters. The fourth-order valence-corrected chi connectivity index (χ4v) is 2.41. The van der Waals surface area contributed by atoms with E-state index in [-0.39, 0.29) is 29.9 Å². The van der Waals surface area contributed by atoms with Crippen LogP contribution in [0, 0.1) is 5.92 Å². The summed E-state index contributed by atoms with van der Waals surface area (Å²) in [7, 11) is 1.78. The van der Waals surface area contributed by atoms with Gasteiger partial charge in [-0.25, -0.2) is 0 Å². The average Bonchev–Trinajstić information content (AvgIpc) is 3.34.